The van der Waals surface area contributed by atoms with Crippen molar-refractivity contribution in [3.05, 3.63) is 0 Å². The van der Waals surface area contributed by atoms with Gasteiger partial charge in [0.05, 0.1) is 31.1 Å². The van der Waals surface area contributed by atoms with Crippen molar-refractivity contribution in [2.75, 3.05) is 20.3 Å². The Hall–Kier alpha value is -0.940. The van der Waals surface area contributed by atoms with Gasteiger partial charge in [0.1, 0.15) is 0 Å². The lowest BCUT2D eigenvalue weighted by molar-refractivity contribution is -0.198. The van der Waals surface area contributed by atoms with E-state index >= 15 is 0 Å². The highest BCUT2D eigenvalue weighted by molar-refractivity contribution is 5.82. The number of amides is 1. The topological polar surface area (TPSA) is 71.7 Å². The first-order valence-electron chi connectivity index (χ1n) is 12.6. The molecule has 0 aromatic carbocycles. The van der Waals surface area contributed by atoms with E-state index in [9.17, 15) is 18.0 Å². The highest BCUT2D eigenvalue weighted by Gasteiger charge is 2.56. The zero-order valence-corrected chi connectivity index (χ0v) is 20.3. The standard InChI is InChI=1S/C23H41F3N6O/c1-13(2)28-19-9-15(14(3)8-21-30-27-12-31(21)4)10-20(29-19)32-11-17-16(22(32)33)6-5-7-18(17)23(24,25)26/h13-21,27-30H,5-12H2,1-4H3/t14-,15?,16?,17?,18?,19?,20?,21?/m1/s1. The van der Waals surface area contributed by atoms with Gasteiger partial charge in [0.2, 0.25) is 5.91 Å². The second-order valence-corrected chi connectivity index (χ2v) is 11.1. The largest absolute Gasteiger partial charge is 0.392 e. The maximum atomic E-state index is 13.7. The van der Waals surface area contributed by atoms with Gasteiger partial charge in [0, 0.05) is 18.5 Å². The van der Waals surface area contributed by atoms with Crippen molar-refractivity contribution in [2.45, 2.75) is 90.0 Å². The smallest absolute Gasteiger partial charge is 0.327 e. The molecule has 0 aromatic heterocycles. The molecule has 7 unspecified atom stereocenters. The van der Waals surface area contributed by atoms with E-state index in [1.807, 2.05) is 0 Å². The molecule has 3 heterocycles. The van der Waals surface area contributed by atoms with Crippen LogP contribution in [0, 0.1) is 29.6 Å². The van der Waals surface area contributed by atoms with Crippen LogP contribution < -0.4 is 21.5 Å². The van der Waals surface area contributed by atoms with Crippen LogP contribution in [0.1, 0.15) is 59.3 Å². The molecule has 10 heteroatoms. The number of nitrogens with one attached hydrogen (secondary N) is 4. The molecule has 0 radical (unpaired) electrons. The van der Waals surface area contributed by atoms with Crippen LogP contribution >= 0.6 is 0 Å². The van der Waals surface area contributed by atoms with E-state index in [-0.39, 0.29) is 43.4 Å². The van der Waals surface area contributed by atoms with Gasteiger partial charge in [-0.15, -0.1) is 0 Å². The normalized spacial score (nSPS) is 39.3. The number of hydrogen-bond donors (Lipinski definition) is 4. The van der Waals surface area contributed by atoms with Gasteiger partial charge >= 0.3 is 6.18 Å². The molecule has 3 aliphatic heterocycles. The quantitative estimate of drug-likeness (QED) is 0.474. The van der Waals surface area contributed by atoms with Gasteiger partial charge < -0.3 is 4.90 Å². The molecule has 3 saturated heterocycles. The first-order valence-corrected chi connectivity index (χ1v) is 12.6. The maximum Gasteiger partial charge on any atom is 0.392 e. The Kier molecular flexibility index (Phi) is 7.60. The van der Waals surface area contributed by atoms with E-state index in [1.165, 1.54) is 0 Å². The van der Waals surface area contributed by atoms with Crippen molar-refractivity contribution in [3.63, 3.8) is 0 Å². The van der Waals surface area contributed by atoms with E-state index in [4.69, 9.17) is 0 Å². The third kappa shape index (κ3) is 5.50. The highest BCUT2D eigenvalue weighted by Crippen LogP contribution is 2.48. The Labute approximate surface area is 195 Å². The number of likely N-dealkylation sites (tertiary alicyclic amines) is 1. The number of halogens is 3. The minimum Gasteiger partial charge on any atom is -0.327 e. The van der Waals surface area contributed by atoms with Gasteiger partial charge in [-0.2, -0.15) is 13.2 Å². The van der Waals surface area contributed by atoms with E-state index in [0.717, 1.165) is 25.9 Å². The maximum absolute atomic E-state index is 13.7. The number of hydrogen-bond acceptors (Lipinski definition) is 6. The summed E-state index contributed by atoms with van der Waals surface area (Å²) in [5.74, 6) is -1.74. The fraction of sp³-hybridized carbons (Fsp3) is 0.957. The average Bonchev–Trinajstić information content (AvgIpc) is 3.29. The molecule has 0 aromatic rings. The molecule has 0 spiro atoms. The van der Waals surface area contributed by atoms with Crippen LogP contribution in [0.5, 0.6) is 0 Å². The lowest BCUT2D eigenvalue weighted by Crippen LogP contribution is -2.61. The zero-order chi connectivity index (χ0) is 23.9. The Morgan fingerprint density at radius 2 is 1.94 bits per heavy atom. The molecule has 7 nitrogen and oxygen atoms in total. The lowest BCUT2D eigenvalue weighted by Gasteiger charge is -2.44. The van der Waals surface area contributed by atoms with Crippen molar-refractivity contribution in [1.82, 2.24) is 31.3 Å². The molecule has 4 fully saturated rings. The predicted octanol–water partition coefficient (Wildman–Crippen LogP) is 2.42. The van der Waals surface area contributed by atoms with Gasteiger partial charge in [-0.05, 0) is 70.8 Å². The summed E-state index contributed by atoms with van der Waals surface area (Å²) in [7, 11) is 2.08. The van der Waals surface area contributed by atoms with Gasteiger partial charge in [0.15, 0.2) is 0 Å². The highest BCUT2D eigenvalue weighted by atomic mass is 19.4. The summed E-state index contributed by atoms with van der Waals surface area (Å²) in [6, 6.07) is 0.274. The average molecular weight is 475 g/mol. The summed E-state index contributed by atoms with van der Waals surface area (Å²) < 4.78 is 41.1. The van der Waals surface area contributed by atoms with Crippen molar-refractivity contribution in [2.24, 2.45) is 29.6 Å². The number of carbonyl (C=O) groups excluding carboxylic acids is 1. The number of hydrazine groups is 1. The van der Waals surface area contributed by atoms with Crippen LogP contribution in [-0.4, -0.2) is 66.7 Å². The van der Waals surface area contributed by atoms with Gasteiger partial charge in [-0.3, -0.25) is 20.3 Å². The number of nitrogens with zero attached hydrogens (tertiary/aromatic N) is 2. The fourth-order valence-corrected chi connectivity index (χ4v) is 6.59. The summed E-state index contributed by atoms with van der Waals surface area (Å²) in [5, 5.41) is 7.15. The Morgan fingerprint density at radius 3 is 2.58 bits per heavy atom. The molecule has 4 rings (SSSR count). The van der Waals surface area contributed by atoms with Crippen molar-refractivity contribution < 1.29 is 18.0 Å². The first kappa shape index (κ1) is 25.2. The fourth-order valence-electron chi connectivity index (χ4n) is 6.59. The summed E-state index contributed by atoms with van der Waals surface area (Å²) >= 11 is 0. The lowest BCUT2D eigenvalue weighted by atomic mass is 9.73. The first-order chi connectivity index (χ1) is 15.5. The molecular formula is C23H41F3N6O. The van der Waals surface area contributed by atoms with Crippen LogP contribution in [0.2, 0.25) is 0 Å². The third-order valence-corrected chi connectivity index (χ3v) is 8.39. The van der Waals surface area contributed by atoms with Crippen LogP contribution in [0.4, 0.5) is 13.2 Å². The number of piperidine rings is 1. The molecule has 1 amide bonds. The van der Waals surface area contributed by atoms with Crippen LogP contribution in [-0.2, 0) is 4.79 Å². The molecule has 0 bridgehead atoms. The monoisotopic (exact) mass is 474 g/mol. The van der Waals surface area contributed by atoms with Crippen molar-refractivity contribution >= 4 is 5.91 Å². The van der Waals surface area contributed by atoms with Crippen LogP contribution in [0.3, 0.4) is 0 Å². The zero-order valence-electron chi connectivity index (χ0n) is 20.3. The van der Waals surface area contributed by atoms with Crippen LogP contribution in [0.15, 0.2) is 0 Å². The SMILES string of the molecule is CC(C)NC1CC([C@H](C)CC2NNCN2C)CC(N2CC3C(CCCC3C(F)(F)F)C2=O)N1. The summed E-state index contributed by atoms with van der Waals surface area (Å²) in [6.45, 7) is 7.47. The van der Waals surface area contributed by atoms with E-state index in [1.54, 1.807) is 4.90 Å². The number of alkyl halides is 3. The molecular weight excluding hydrogens is 433 g/mol. The Bertz CT molecular complexity index is 692. The molecule has 4 aliphatic rings. The van der Waals surface area contributed by atoms with Crippen molar-refractivity contribution in [3.8, 4) is 0 Å². The van der Waals surface area contributed by atoms with E-state index < -0.39 is 23.9 Å². The Morgan fingerprint density at radius 1 is 1.18 bits per heavy atom. The molecule has 190 valence electrons. The van der Waals surface area contributed by atoms with Crippen LogP contribution in [0.25, 0.3) is 0 Å². The molecule has 4 N–H and O–H groups in total. The number of carbonyl (C=O) groups is 1. The number of fused-ring (bicyclic) bond motifs is 1. The van der Waals surface area contributed by atoms with E-state index in [0.29, 0.717) is 24.7 Å². The third-order valence-electron chi connectivity index (χ3n) is 8.39. The summed E-state index contributed by atoms with van der Waals surface area (Å²) in [4.78, 5) is 17.3. The van der Waals surface area contributed by atoms with Crippen molar-refractivity contribution in [1.29, 1.82) is 0 Å². The summed E-state index contributed by atoms with van der Waals surface area (Å²) in [6.07, 6.45) is -0.236. The molecule has 1 saturated carbocycles. The molecule has 33 heavy (non-hydrogen) atoms. The number of rotatable bonds is 6. The second-order valence-electron chi connectivity index (χ2n) is 11.1. The van der Waals surface area contributed by atoms with E-state index in [2.05, 4.69) is 54.2 Å². The minimum absolute atomic E-state index is 0.0393. The molecule has 8 atom stereocenters. The predicted molar refractivity (Wildman–Crippen MR) is 120 cm³/mol. The van der Waals surface area contributed by atoms with Gasteiger partial charge in [0.25, 0.3) is 0 Å². The Balaban J connectivity index is 1.48. The second kappa shape index (κ2) is 9.97. The van der Waals surface area contributed by atoms with Gasteiger partial charge in [-0.1, -0.05) is 13.3 Å². The summed E-state index contributed by atoms with van der Waals surface area (Å²) in [5.41, 5.74) is 6.50. The molecule has 1 aliphatic carbocycles. The minimum atomic E-state index is -4.23. The van der Waals surface area contributed by atoms with Gasteiger partial charge in [-0.25, -0.2) is 10.9 Å².